The van der Waals surface area contributed by atoms with Gasteiger partial charge in [0.1, 0.15) is 24.4 Å². The zero-order valence-electron chi connectivity index (χ0n) is 44.4. The summed E-state index contributed by atoms with van der Waals surface area (Å²) >= 11 is 0. The van der Waals surface area contributed by atoms with Crippen LogP contribution in [0.25, 0.3) is 0 Å². The Morgan fingerprint density at radius 1 is 0.448 bits per heavy atom. The Labute approximate surface area is 414 Å². The third kappa shape index (κ3) is 38.5. The van der Waals surface area contributed by atoms with Crippen molar-refractivity contribution in [3.63, 3.8) is 0 Å². The number of nitrogens with one attached hydrogen (secondary N) is 1. The summed E-state index contributed by atoms with van der Waals surface area (Å²) in [5.41, 5.74) is 0. The lowest BCUT2D eigenvalue weighted by molar-refractivity contribution is -0.302. The first-order chi connectivity index (χ1) is 32.8. The number of carbonyl (C=O) groups excluding carboxylic acids is 1. The summed E-state index contributed by atoms with van der Waals surface area (Å²) in [7, 11) is 0. The molecule has 6 N–H and O–H groups in total. The first-order valence-electron chi connectivity index (χ1n) is 29.7. The molecule has 0 radical (unpaired) electrons. The molecule has 1 fully saturated rings. The smallest absolute Gasteiger partial charge is 0.220 e. The van der Waals surface area contributed by atoms with Gasteiger partial charge in [-0.3, -0.25) is 4.79 Å². The molecule has 0 aliphatic carbocycles. The lowest BCUT2D eigenvalue weighted by Crippen LogP contribution is -2.60. The molecule has 1 saturated heterocycles. The van der Waals surface area contributed by atoms with E-state index in [0.29, 0.717) is 12.8 Å². The predicted octanol–water partition coefficient (Wildman–Crippen LogP) is 14.6. The van der Waals surface area contributed by atoms with Crippen molar-refractivity contribution in [3.05, 3.63) is 0 Å². The van der Waals surface area contributed by atoms with Crippen LogP contribution in [-0.2, 0) is 14.3 Å². The molecular formula is C58H115NO8. The average Bonchev–Trinajstić information content (AvgIpc) is 3.33. The van der Waals surface area contributed by atoms with Crippen molar-refractivity contribution in [2.45, 2.75) is 352 Å². The molecule has 0 aromatic heterocycles. The van der Waals surface area contributed by atoms with E-state index in [-0.39, 0.29) is 12.5 Å². The molecule has 9 nitrogen and oxygen atoms in total. The minimum Gasteiger partial charge on any atom is -0.394 e. The number of amides is 1. The first kappa shape index (κ1) is 64.2. The van der Waals surface area contributed by atoms with Gasteiger partial charge in [-0.15, -0.1) is 0 Å². The number of ether oxygens (including phenoxy) is 2. The number of hydrogen-bond acceptors (Lipinski definition) is 8. The van der Waals surface area contributed by atoms with E-state index in [9.17, 15) is 30.3 Å². The Morgan fingerprint density at radius 2 is 0.746 bits per heavy atom. The summed E-state index contributed by atoms with van der Waals surface area (Å²) in [5, 5.41) is 54.1. The largest absolute Gasteiger partial charge is 0.394 e. The molecule has 1 heterocycles. The number of carbonyl (C=O) groups is 1. The molecule has 0 bridgehead atoms. The van der Waals surface area contributed by atoms with Crippen LogP contribution in [0.2, 0.25) is 0 Å². The maximum Gasteiger partial charge on any atom is 0.220 e. The van der Waals surface area contributed by atoms with Crippen LogP contribution in [0.4, 0.5) is 0 Å². The fourth-order valence-electron chi connectivity index (χ4n) is 9.99. The number of hydrogen-bond donors (Lipinski definition) is 6. The van der Waals surface area contributed by atoms with Gasteiger partial charge in [-0.25, -0.2) is 0 Å². The van der Waals surface area contributed by atoms with Gasteiger partial charge in [0.15, 0.2) is 6.29 Å². The number of unbranched alkanes of at least 4 members (excludes halogenated alkanes) is 42. The molecule has 1 aliphatic rings. The Kier molecular flexibility index (Phi) is 46.8. The highest BCUT2D eigenvalue weighted by atomic mass is 16.7. The van der Waals surface area contributed by atoms with E-state index in [2.05, 4.69) is 19.2 Å². The summed E-state index contributed by atoms with van der Waals surface area (Å²) in [6, 6.07) is -0.710. The monoisotopic (exact) mass is 954 g/mol. The van der Waals surface area contributed by atoms with Crippen molar-refractivity contribution in [1.29, 1.82) is 0 Å². The molecule has 400 valence electrons. The number of rotatable bonds is 52. The van der Waals surface area contributed by atoms with E-state index in [0.717, 1.165) is 38.5 Å². The Balaban J connectivity index is 1.92. The molecule has 0 saturated carbocycles. The van der Waals surface area contributed by atoms with E-state index in [1.807, 2.05) is 0 Å². The Morgan fingerprint density at radius 3 is 1.06 bits per heavy atom. The van der Waals surface area contributed by atoms with Gasteiger partial charge in [0, 0.05) is 6.42 Å². The molecule has 1 aliphatic heterocycles. The molecule has 0 aromatic rings. The molecule has 1 amide bonds. The second-order valence-corrected chi connectivity index (χ2v) is 21.2. The van der Waals surface area contributed by atoms with Crippen LogP contribution in [0.1, 0.15) is 309 Å². The van der Waals surface area contributed by atoms with Gasteiger partial charge in [0.05, 0.1) is 25.4 Å². The fourth-order valence-corrected chi connectivity index (χ4v) is 9.99. The topological polar surface area (TPSA) is 149 Å². The summed E-state index contributed by atoms with van der Waals surface area (Å²) in [6.07, 6.45) is 52.3. The van der Waals surface area contributed by atoms with Crippen LogP contribution in [-0.4, -0.2) is 87.5 Å². The van der Waals surface area contributed by atoms with Crippen LogP contribution >= 0.6 is 0 Å². The van der Waals surface area contributed by atoms with Crippen LogP contribution < -0.4 is 5.32 Å². The van der Waals surface area contributed by atoms with Gasteiger partial charge in [0.2, 0.25) is 5.91 Å². The van der Waals surface area contributed by atoms with Crippen molar-refractivity contribution in [3.8, 4) is 0 Å². The van der Waals surface area contributed by atoms with E-state index >= 15 is 0 Å². The van der Waals surface area contributed by atoms with Gasteiger partial charge in [-0.1, -0.05) is 290 Å². The van der Waals surface area contributed by atoms with Crippen LogP contribution in [0.3, 0.4) is 0 Å². The second kappa shape index (κ2) is 48.8. The van der Waals surface area contributed by atoms with Crippen molar-refractivity contribution < 1.29 is 39.8 Å². The molecule has 0 spiro atoms. The lowest BCUT2D eigenvalue weighted by Gasteiger charge is -2.40. The summed E-state index contributed by atoms with van der Waals surface area (Å²) < 4.78 is 11.2. The Bertz CT molecular complexity index is 1020. The minimum absolute atomic E-state index is 0.134. The highest BCUT2D eigenvalue weighted by molar-refractivity contribution is 5.76. The van der Waals surface area contributed by atoms with E-state index in [1.165, 1.54) is 244 Å². The number of aliphatic hydroxyl groups is 5. The van der Waals surface area contributed by atoms with E-state index in [4.69, 9.17) is 9.47 Å². The van der Waals surface area contributed by atoms with Crippen LogP contribution in [0.15, 0.2) is 0 Å². The van der Waals surface area contributed by atoms with Crippen molar-refractivity contribution in [2.24, 2.45) is 0 Å². The summed E-state index contributed by atoms with van der Waals surface area (Å²) in [6.45, 7) is 3.80. The first-order valence-corrected chi connectivity index (χ1v) is 29.7. The van der Waals surface area contributed by atoms with Gasteiger partial charge in [0.25, 0.3) is 0 Å². The average molecular weight is 955 g/mol. The van der Waals surface area contributed by atoms with Gasteiger partial charge in [-0.2, -0.15) is 0 Å². The molecule has 1 rings (SSSR count). The zero-order chi connectivity index (χ0) is 48.7. The summed E-state index contributed by atoms with van der Waals surface area (Å²) in [4.78, 5) is 12.9. The summed E-state index contributed by atoms with van der Waals surface area (Å²) in [5.74, 6) is -0.143. The maximum atomic E-state index is 12.9. The fraction of sp³-hybridized carbons (Fsp3) is 0.983. The quantitative estimate of drug-likeness (QED) is 0.0330. The van der Waals surface area contributed by atoms with Crippen molar-refractivity contribution in [2.75, 3.05) is 13.2 Å². The predicted molar refractivity (Wildman–Crippen MR) is 281 cm³/mol. The lowest BCUT2D eigenvalue weighted by atomic mass is 9.99. The van der Waals surface area contributed by atoms with Crippen molar-refractivity contribution in [1.82, 2.24) is 5.32 Å². The second-order valence-electron chi connectivity index (χ2n) is 21.2. The van der Waals surface area contributed by atoms with Crippen LogP contribution in [0, 0.1) is 0 Å². The molecule has 0 aromatic carbocycles. The minimum atomic E-state index is -1.55. The molecule has 7 unspecified atom stereocenters. The number of aliphatic hydroxyl groups excluding tert-OH is 5. The zero-order valence-corrected chi connectivity index (χ0v) is 44.4. The van der Waals surface area contributed by atoms with Crippen molar-refractivity contribution >= 4 is 5.91 Å². The standard InChI is InChI=1S/C58H115NO8/c1-3-5-7-9-11-12-13-14-15-16-17-18-19-20-21-22-23-24-25-26-27-28-29-30-31-32-33-34-35-36-37-38-39-40-41-42-44-46-48-54(62)59-51(52(61)47-45-43-10-8-6-4-2)50-66-58-57(65)56(64)55(63)53(49-60)67-58/h51-53,55-58,60-61,63-65H,3-50H2,1-2H3,(H,59,62). The Hall–Kier alpha value is -0.810. The molecular weight excluding hydrogens is 839 g/mol. The van der Waals surface area contributed by atoms with Gasteiger partial charge >= 0.3 is 0 Å². The van der Waals surface area contributed by atoms with Gasteiger partial charge in [-0.05, 0) is 12.8 Å². The maximum absolute atomic E-state index is 12.9. The third-order valence-corrected chi connectivity index (χ3v) is 14.7. The SMILES string of the molecule is CCCCCCCCCCCCCCCCCCCCCCCCCCCCCCCCCCCCCCCCC(=O)NC(COC1OC(CO)C(O)C(O)C1O)C(O)CCCCCCCC. The highest BCUT2D eigenvalue weighted by Gasteiger charge is 2.44. The third-order valence-electron chi connectivity index (χ3n) is 14.7. The highest BCUT2D eigenvalue weighted by Crippen LogP contribution is 2.23. The normalized spacial score (nSPS) is 19.5. The molecule has 67 heavy (non-hydrogen) atoms. The van der Waals surface area contributed by atoms with Gasteiger partial charge < -0.3 is 40.3 Å². The van der Waals surface area contributed by atoms with E-state index < -0.39 is 49.5 Å². The molecule has 9 heteroatoms. The van der Waals surface area contributed by atoms with Crippen LogP contribution in [0.5, 0.6) is 0 Å². The van der Waals surface area contributed by atoms with E-state index in [1.54, 1.807) is 0 Å². The molecule has 7 atom stereocenters.